The van der Waals surface area contributed by atoms with E-state index in [4.69, 9.17) is 6.42 Å². The topological polar surface area (TPSA) is 0 Å². The van der Waals surface area contributed by atoms with Crippen molar-refractivity contribution in [2.24, 2.45) is 0 Å². The first-order valence-corrected chi connectivity index (χ1v) is 4.76. The van der Waals surface area contributed by atoms with Crippen LogP contribution in [0.3, 0.4) is 0 Å². The van der Waals surface area contributed by atoms with Gasteiger partial charge in [0.15, 0.2) is 0 Å². The summed E-state index contributed by atoms with van der Waals surface area (Å²) < 4.78 is 1.32. The number of terminal acetylenes is 1. The van der Waals surface area contributed by atoms with Crippen molar-refractivity contribution in [2.75, 3.05) is 5.75 Å². The molecule has 1 rings (SSSR count). The predicted molar refractivity (Wildman–Crippen MR) is 48.6 cm³/mol. The Morgan fingerprint density at radius 1 is 1.70 bits per heavy atom. The van der Waals surface area contributed by atoms with E-state index < -0.39 is 0 Å². The van der Waals surface area contributed by atoms with Gasteiger partial charge >= 0.3 is 0 Å². The third-order valence-electron chi connectivity index (χ3n) is 1.01. The van der Waals surface area contributed by atoms with Gasteiger partial charge in [0.05, 0.1) is 9.96 Å². The van der Waals surface area contributed by atoms with Gasteiger partial charge in [0.2, 0.25) is 0 Å². The van der Waals surface area contributed by atoms with E-state index in [-0.39, 0.29) is 0 Å². The molecule has 0 radical (unpaired) electrons. The summed E-state index contributed by atoms with van der Waals surface area (Å²) in [7, 11) is 0. The van der Waals surface area contributed by atoms with Crippen molar-refractivity contribution in [2.45, 2.75) is 11.1 Å². The van der Waals surface area contributed by atoms with E-state index in [1.807, 2.05) is 0 Å². The third-order valence-corrected chi connectivity index (χ3v) is 3.14. The molecule has 0 bridgehead atoms. The highest BCUT2D eigenvalue weighted by molar-refractivity contribution is 8.01. The monoisotopic (exact) mass is 168 g/mol. The number of aryl methyl sites for hydroxylation is 1. The van der Waals surface area contributed by atoms with Crippen LogP contribution in [0, 0.1) is 19.3 Å². The number of thiophene rings is 1. The normalized spacial score (nSPS) is 9.20. The highest BCUT2D eigenvalue weighted by Crippen LogP contribution is 2.25. The lowest BCUT2D eigenvalue weighted by Crippen LogP contribution is -1.64. The predicted octanol–water partition coefficient (Wildman–Crippen LogP) is 2.78. The lowest BCUT2D eigenvalue weighted by atomic mass is 10.5. The van der Waals surface area contributed by atoms with E-state index in [1.165, 1.54) is 9.09 Å². The van der Waals surface area contributed by atoms with E-state index in [0.29, 0.717) is 0 Å². The molecule has 52 valence electrons. The molecular formula is C8H8S2. The maximum absolute atomic E-state index is 5.12. The van der Waals surface area contributed by atoms with Gasteiger partial charge in [-0.05, 0) is 19.1 Å². The summed E-state index contributed by atoms with van der Waals surface area (Å²) >= 11 is 3.52. The largest absolute Gasteiger partial charge is 0.134 e. The van der Waals surface area contributed by atoms with Crippen LogP contribution in [-0.4, -0.2) is 5.75 Å². The van der Waals surface area contributed by atoms with Gasteiger partial charge in [0, 0.05) is 4.88 Å². The standard InChI is InChI=1S/C8H8S2/c1-3-6-9-8-5-4-7(2)10-8/h1,4-5H,6H2,2H3. The molecule has 0 N–H and O–H groups in total. The maximum atomic E-state index is 5.12. The molecule has 0 unspecified atom stereocenters. The molecule has 0 fully saturated rings. The summed E-state index contributed by atoms with van der Waals surface area (Å²) in [5, 5.41) is 0. The van der Waals surface area contributed by atoms with E-state index in [0.717, 1.165) is 5.75 Å². The van der Waals surface area contributed by atoms with Crippen LogP contribution in [-0.2, 0) is 0 Å². The van der Waals surface area contributed by atoms with Gasteiger partial charge < -0.3 is 0 Å². The van der Waals surface area contributed by atoms with Gasteiger partial charge in [-0.2, -0.15) is 0 Å². The average Bonchev–Trinajstić information content (AvgIpc) is 2.31. The Balaban J connectivity index is 2.52. The van der Waals surface area contributed by atoms with E-state index >= 15 is 0 Å². The SMILES string of the molecule is C#CCSc1ccc(C)s1. The third kappa shape index (κ3) is 2.09. The van der Waals surface area contributed by atoms with Crippen molar-refractivity contribution < 1.29 is 0 Å². The molecule has 0 nitrogen and oxygen atoms in total. The smallest absolute Gasteiger partial charge is 0.0610 e. The summed E-state index contributed by atoms with van der Waals surface area (Å²) in [6.45, 7) is 2.10. The molecule has 1 aromatic heterocycles. The van der Waals surface area contributed by atoms with Crippen LogP contribution in [0.2, 0.25) is 0 Å². The van der Waals surface area contributed by atoms with Crippen molar-refractivity contribution in [3.8, 4) is 12.3 Å². The first kappa shape index (κ1) is 7.71. The van der Waals surface area contributed by atoms with Crippen LogP contribution < -0.4 is 0 Å². The number of hydrogen-bond acceptors (Lipinski definition) is 2. The molecule has 0 aromatic carbocycles. The molecule has 0 aliphatic rings. The van der Waals surface area contributed by atoms with Crippen LogP contribution in [0.1, 0.15) is 4.88 Å². The Kier molecular flexibility index (Phi) is 2.85. The van der Waals surface area contributed by atoms with Gasteiger partial charge in [0.25, 0.3) is 0 Å². The number of hydrogen-bond donors (Lipinski definition) is 0. The first-order chi connectivity index (χ1) is 4.83. The second-order valence-corrected chi connectivity index (χ2v) is 4.42. The molecule has 0 aliphatic carbocycles. The van der Waals surface area contributed by atoms with Crippen LogP contribution in [0.15, 0.2) is 16.3 Å². The van der Waals surface area contributed by atoms with Gasteiger partial charge in [-0.3, -0.25) is 0 Å². The summed E-state index contributed by atoms with van der Waals surface area (Å²) in [5.41, 5.74) is 0. The molecule has 1 aromatic rings. The van der Waals surface area contributed by atoms with Crippen LogP contribution in [0.4, 0.5) is 0 Å². The maximum Gasteiger partial charge on any atom is 0.0610 e. The fourth-order valence-electron chi connectivity index (χ4n) is 0.602. The van der Waals surface area contributed by atoms with Gasteiger partial charge in [-0.25, -0.2) is 0 Å². The zero-order valence-electron chi connectivity index (χ0n) is 5.76. The van der Waals surface area contributed by atoms with Crippen LogP contribution >= 0.6 is 23.1 Å². The highest BCUT2D eigenvalue weighted by Gasteiger charge is 1.93. The van der Waals surface area contributed by atoms with Gasteiger partial charge in [-0.1, -0.05) is 5.92 Å². The molecule has 1 heterocycles. The van der Waals surface area contributed by atoms with Gasteiger partial charge in [-0.15, -0.1) is 29.5 Å². The van der Waals surface area contributed by atoms with E-state index in [1.54, 1.807) is 23.1 Å². The molecular weight excluding hydrogens is 160 g/mol. The van der Waals surface area contributed by atoms with Crippen molar-refractivity contribution >= 4 is 23.1 Å². The molecule has 2 heteroatoms. The highest BCUT2D eigenvalue weighted by atomic mass is 32.2. The van der Waals surface area contributed by atoms with Crippen molar-refractivity contribution in [3.63, 3.8) is 0 Å². The Morgan fingerprint density at radius 2 is 2.50 bits per heavy atom. The minimum Gasteiger partial charge on any atom is -0.134 e. The number of rotatable bonds is 2. The fourth-order valence-corrected chi connectivity index (χ4v) is 2.39. The molecule has 0 spiro atoms. The van der Waals surface area contributed by atoms with Crippen molar-refractivity contribution in [1.82, 2.24) is 0 Å². The summed E-state index contributed by atoms with van der Waals surface area (Å²) in [6.07, 6.45) is 5.12. The number of thioether (sulfide) groups is 1. The Labute approximate surface area is 69.7 Å². The molecule has 0 saturated heterocycles. The zero-order valence-corrected chi connectivity index (χ0v) is 7.39. The molecule has 0 saturated carbocycles. The van der Waals surface area contributed by atoms with Gasteiger partial charge in [0.1, 0.15) is 0 Å². The average molecular weight is 168 g/mol. The lowest BCUT2D eigenvalue weighted by Gasteiger charge is -1.86. The first-order valence-electron chi connectivity index (χ1n) is 2.95. The quantitative estimate of drug-likeness (QED) is 0.483. The molecule has 0 amide bonds. The lowest BCUT2D eigenvalue weighted by molar-refractivity contribution is 1.63. The Morgan fingerprint density at radius 3 is 3.00 bits per heavy atom. The molecule has 10 heavy (non-hydrogen) atoms. The second kappa shape index (κ2) is 3.70. The fraction of sp³-hybridized carbons (Fsp3) is 0.250. The van der Waals surface area contributed by atoms with Crippen LogP contribution in [0.25, 0.3) is 0 Å². The van der Waals surface area contributed by atoms with Crippen molar-refractivity contribution in [3.05, 3.63) is 17.0 Å². The Hall–Kier alpha value is -0.390. The van der Waals surface area contributed by atoms with E-state index in [9.17, 15) is 0 Å². The summed E-state index contributed by atoms with van der Waals surface area (Å²) in [5.74, 6) is 3.37. The minimum atomic E-state index is 0.778. The summed E-state index contributed by atoms with van der Waals surface area (Å²) in [4.78, 5) is 1.35. The Bertz CT molecular complexity index is 242. The summed E-state index contributed by atoms with van der Waals surface area (Å²) in [6, 6.07) is 4.23. The second-order valence-electron chi connectivity index (χ2n) is 1.86. The van der Waals surface area contributed by atoms with E-state index in [2.05, 4.69) is 25.0 Å². The van der Waals surface area contributed by atoms with Crippen molar-refractivity contribution in [1.29, 1.82) is 0 Å². The zero-order chi connectivity index (χ0) is 7.40. The molecule has 0 atom stereocenters. The van der Waals surface area contributed by atoms with Crippen LogP contribution in [0.5, 0.6) is 0 Å². The minimum absolute atomic E-state index is 0.778. The molecule has 0 aliphatic heterocycles.